The van der Waals surface area contributed by atoms with E-state index in [0.29, 0.717) is 55.7 Å². The van der Waals surface area contributed by atoms with Gasteiger partial charge in [0.05, 0.1) is 22.7 Å². The number of hydrogen-bond donors (Lipinski definition) is 1. The van der Waals surface area contributed by atoms with E-state index >= 15 is 0 Å². The molecular formula is C29H22Cl2N2O2. The van der Waals surface area contributed by atoms with Crippen molar-refractivity contribution in [3.63, 3.8) is 0 Å². The van der Waals surface area contributed by atoms with Gasteiger partial charge in [0.25, 0.3) is 0 Å². The fraction of sp³-hybridized carbons (Fsp3) is 0.103. The lowest BCUT2D eigenvalue weighted by Gasteiger charge is -2.30. The lowest BCUT2D eigenvalue weighted by atomic mass is 9.80. The number of aromatic nitrogens is 2. The second-order valence-corrected chi connectivity index (χ2v) is 8.91. The van der Waals surface area contributed by atoms with Crippen LogP contribution in [0.2, 0.25) is 10.0 Å². The summed E-state index contributed by atoms with van der Waals surface area (Å²) in [7, 11) is 0. The molecule has 0 spiro atoms. The lowest BCUT2D eigenvalue weighted by Crippen LogP contribution is -2.29. The molecule has 0 fully saturated rings. The van der Waals surface area contributed by atoms with Crippen LogP contribution < -0.4 is 4.74 Å². The number of halogens is 2. The van der Waals surface area contributed by atoms with Crippen LogP contribution >= 0.6 is 23.2 Å². The Bertz CT molecular complexity index is 1490. The van der Waals surface area contributed by atoms with E-state index in [1.807, 2.05) is 73.7 Å². The maximum atomic E-state index is 12.2. The molecule has 1 unspecified atom stereocenters. The van der Waals surface area contributed by atoms with Gasteiger partial charge >= 0.3 is 0 Å². The van der Waals surface area contributed by atoms with Crippen molar-refractivity contribution < 1.29 is 9.84 Å². The Hall–Kier alpha value is -3.44. The third kappa shape index (κ3) is 4.25. The van der Waals surface area contributed by atoms with Crippen molar-refractivity contribution in [1.29, 1.82) is 0 Å². The van der Waals surface area contributed by atoms with Gasteiger partial charge in [-0.15, -0.1) is 0 Å². The third-order valence-corrected chi connectivity index (χ3v) is 6.60. The first-order chi connectivity index (χ1) is 17.0. The van der Waals surface area contributed by atoms with E-state index in [4.69, 9.17) is 32.9 Å². The molecule has 0 saturated heterocycles. The Kier molecular flexibility index (Phi) is 6.44. The van der Waals surface area contributed by atoms with Gasteiger partial charge in [0.2, 0.25) is 5.88 Å². The molecular weight excluding hydrogens is 479 g/mol. The predicted octanol–water partition coefficient (Wildman–Crippen LogP) is 7.29. The smallest absolute Gasteiger partial charge is 0.223 e. The number of hydrogen-bond acceptors (Lipinski definition) is 4. The van der Waals surface area contributed by atoms with Crippen LogP contribution in [0.3, 0.4) is 0 Å². The molecule has 6 heteroatoms. The number of ether oxygens (including phenoxy) is 1. The molecule has 4 nitrogen and oxygen atoms in total. The Morgan fingerprint density at radius 1 is 0.857 bits per heavy atom. The minimum atomic E-state index is -1.51. The van der Waals surface area contributed by atoms with Crippen LogP contribution in [0.5, 0.6) is 5.88 Å². The van der Waals surface area contributed by atoms with E-state index < -0.39 is 5.60 Å². The summed E-state index contributed by atoms with van der Waals surface area (Å²) in [4.78, 5) is 9.01. The van der Waals surface area contributed by atoms with Gasteiger partial charge in [0.15, 0.2) is 0 Å². The maximum absolute atomic E-state index is 12.2. The quantitative estimate of drug-likeness (QED) is 0.266. The number of nitrogens with zero attached hydrogens (tertiary/aromatic N) is 2. The second kappa shape index (κ2) is 9.67. The van der Waals surface area contributed by atoms with Gasteiger partial charge in [-0.3, -0.25) is 4.98 Å². The highest BCUT2D eigenvalue weighted by Crippen LogP contribution is 2.43. The molecule has 1 atom stereocenters. The molecule has 35 heavy (non-hydrogen) atoms. The largest absolute Gasteiger partial charge is 0.477 e. The van der Waals surface area contributed by atoms with Crippen LogP contribution in [-0.4, -0.2) is 21.7 Å². The zero-order valence-electron chi connectivity index (χ0n) is 19.0. The van der Waals surface area contributed by atoms with Crippen molar-refractivity contribution in [1.82, 2.24) is 9.97 Å². The summed E-state index contributed by atoms with van der Waals surface area (Å²) in [6, 6.07) is 26.2. The lowest BCUT2D eigenvalue weighted by molar-refractivity contribution is 0.125. The number of pyridine rings is 2. The van der Waals surface area contributed by atoms with E-state index in [-0.39, 0.29) is 0 Å². The average Bonchev–Trinajstić information content (AvgIpc) is 2.89. The summed E-state index contributed by atoms with van der Waals surface area (Å²) >= 11 is 13.3. The van der Waals surface area contributed by atoms with E-state index in [9.17, 15) is 5.11 Å². The molecule has 3 aromatic carbocycles. The summed E-state index contributed by atoms with van der Waals surface area (Å²) in [6.45, 7) is 2.37. The van der Waals surface area contributed by atoms with Crippen molar-refractivity contribution in [3.8, 4) is 17.0 Å². The Balaban J connectivity index is 1.78. The van der Waals surface area contributed by atoms with Crippen molar-refractivity contribution in [2.24, 2.45) is 0 Å². The van der Waals surface area contributed by atoms with E-state index in [1.165, 1.54) is 0 Å². The van der Waals surface area contributed by atoms with Crippen LogP contribution in [0.1, 0.15) is 23.6 Å². The van der Waals surface area contributed by atoms with Crippen molar-refractivity contribution >= 4 is 34.1 Å². The number of rotatable bonds is 6. The van der Waals surface area contributed by atoms with Gasteiger partial charge in [-0.1, -0.05) is 77.8 Å². The predicted molar refractivity (Wildman–Crippen MR) is 141 cm³/mol. The molecule has 0 radical (unpaired) electrons. The van der Waals surface area contributed by atoms with Crippen molar-refractivity contribution in [2.45, 2.75) is 12.5 Å². The van der Waals surface area contributed by atoms with Crippen LogP contribution in [0.4, 0.5) is 0 Å². The summed E-state index contributed by atoms with van der Waals surface area (Å²) in [5.41, 5.74) is 2.62. The molecule has 0 aliphatic carbocycles. The first kappa shape index (κ1) is 23.3. The molecule has 0 aliphatic rings. The van der Waals surface area contributed by atoms with E-state index in [1.54, 1.807) is 30.6 Å². The van der Waals surface area contributed by atoms with Gasteiger partial charge in [-0.2, -0.15) is 0 Å². The maximum Gasteiger partial charge on any atom is 0.223 e. The Morgan fingerprint density at radius 2 is 1.63 bits per heavy atom. The highest BCUT2D eigenvalue weighted by molar-refractivity contribution is 6.38. The molecule has 0 bridgehead atoms. The topological polar surface area (TPSA) is 55.2 Å². The number of fused-ring (bicyclic) bond motifs is 1. The molecule has 2 heterocycles. The minimum absolute atomic E-state index is 0.461. The first-order valence-corrected chi connectivity index (χ1v) is 12.0. The third-order valence-electron chi connectivity index (χ3n) is 5.97. The molecule has 5 rings (SSSR count). The number of aliphatic hydroxyl groups is 1. The summed E-state index contributed by atoms with van der Waals surface area (Å²) < 4.78 is 5.86. The molecule has 1 N–H and O–H groups in total. The second-order valence-electron chi connectivity index (χ2n) is 8.10. The molecule has 0 aliphatic heterocycles. The summed E-state index contributed by atoms with van der Waals surface area (Å²) in [6.07, 6.45) is 3.32. The Morgan fingerprint density at radius 3 is 2.34 bits per heavy atom. The highest BCUT2D eigenvalue weighted by atomic mass is 35.5. The average molecular weight is 501 g/mol. The van der Waals surface area contributed by atoms with Crippen molar-refractivity contribution in [3.05, 3.63) is 124 Å². The van der Waals surface area contributed by atoms with Gasteiger partial charge in [-0.25, -0.2) is 4.98 Å². The van der Waals surface area contributed by atoms with E-state index in [2.05, 4.69) is 4.98 Å². The van der Waals surface area contributed by atoms with E-state index in [0.717, 1.165) is 5.56 Å². The van der Waals surface area contributed by atoms with Crippen molar-refractivity contribution in [2.75, 3.05) is 6.61 Å². The molecule has 174 valence electrons. The fourth-order valence-electron chi connectivity index (χ4n) is 4.31. The number of benzene rings is 3. The fourth-order valence-corrected chi connectivity index (χ4v) is 4.85. The summed E-state index contributed by atoms with van der Waals surface area (Å²) in [5, 5.41) is 14.0. The van der Waals surface area contributed by atoms with Gasteiger partial charge in [0.1, 0.15) is 5.60 Å². The molecule has 0 amide bonds. The first-order valence-electron chi connectivity index (χ1n) is 11.2. The van der Waals surface area contributed by atoms with Crippen LogP contribution in [0.25, 0.3) is 22.0 Å². The highest BCUT2D eigenvalue weighted by Gasteiger charge is 2.35. The molecule has 0 saturated carbocycles. The van der Waals surface area contributed by atoms with Crippen LogP contribution in [-0.2, 0) is 5.60 Å². The zero-order chi connectivity index (χ0) is 24.4. The van der Waals surface area contributed by atoms with Crippen LogP contribution in [0.15, 0.2) is 97.3 Å². The Labute approximate surface area is 213 Å². The van der Waals surface area contributed by atoms with Crippen LogP contribution in [0, 0.1) is 0 Å². The minimum Gasteiger partial charge on any atom is -0.477 e. The zero-order valence-corrected chi connectivity index (χ0v) is 20.5. The standard InChI is InChI=1S/C29H22Cl2N2O2/c1-2-35-28-26(19-8-4-3-5-9-19)27(31)24-17-21(13-14-25(24)33-28)29(34,22-11-7-15-32-18-22)20-10-6-12-23(30)16-20/h3-18,34H,2H2,1H3. The normalized spacial score (nSPS) is 12.9. The van der Waals surface area contributed by atoms with Gasteiger partial charge in [0, 0.05) is 28.4 Å². The molecule has 2 aromatic heterocycles. The monoisotopic (exact) mass is 500 g/mol. The molecule has 5 aromatic rings. The summed E-state index contributed by atoms with van der Waals surface area (Å²) in [5.74, 6) is 0.473. The SMILES string of the molecule is CCOc1nc2ccc(C(O)(c3cccnc3)c3cccc(Cl)c3)cc2c(Cl)c1-c1ccccc1. The van der Waals surface area contributed by atoms with Gasteiger partial charge < -0.3 is 9.84 Å². The van der Waals surface area contributed by atoms with Gasteiger partial charge in [-0.05, 0) is 53.9 Å².